The molecule has 2 N–H and O–H groups in total. The fourth-order valence-corrected chi connectivity index (χ4v) is 1.64. The molecule has 80 valence electrons. The van der Waals surface area contributed by atoms with Crippen molar-refractivity contribution in [3.8, 4) is 0 Å². The fraction of sp³-hybridized carbons (Fsp3) is 0.727. The molecule has 14 heavy (non-hydrogen) atoms. The van der Waals surface area contributed by atoms with Crippen molar-refractivity contribution in [1.29, 1.82) is 0 Å². The van der Waals surface area contributed by atoms with Gasteiger partial charge in [-0.15, -0.1) is 0 Å². The molecule has 0 bridgehead atoms. The van der Waals surface area contributed by atoms with Gasteiger partial charge >= 0.3 is 0 Å². The average molecular weight is 197 g/mol. The number of nitrogens with one attached hydrogen (secondary N) is 1. The highest BCUT2D eigenvalue weighted by atomic mass is 16.3. The van der Waals surface area contributed by atoms with Crippen LogP contribution in [-0.2, 0) is 4.79 Å². The first kappa shape index (κ1) is 11.2. The molecule has 0 saturated heterocycles. The van der Waals surface area contributed by atoms with E-state index >= 15 is 0 Å². The predicted molar refractivity (Wildman–Crippen MR) is 55.9 cm³/mol. The fourth-order valence-electron chi connectivity index (χ4n) is 1.64. The highest BCUT2D eigenvalue weighted by Crippen LogP contribution is 2.19. The van der Waals surface area contributed by atoms with E-state index in [1.165, 1.54) is 18.4 Å². The van der Waals surface area contributed by atoms with E-state index in [9.17, 15) is 4.79 Å². The third kappa shape index (κ3) is 3.92. The Morgan fingerprint density at radius 3 is 3.00 bits per heavy atom. The van der Waals surface area contributed by atoms with E-state index in [1.807, 2.05) is 0 Å². The van der Waals surface area contributed by atoms with E-state index in [0.29, 0.717) is 6.42 Å². The van der Waals surface area contributed by atoms with E-state index in [-0.39, 0.29) is 18.6 Å². The van der Waals surface area contributed by atoms with Crippen molar-refractivity contribution in [3.63, 3.8) is 0 Å². The van der Waals surface area contributed by atoms with Crippen LogP contribution in [0.2, 0.25) is 0 Å². The molecule has 0 aliphatic heterocycles. The smallest absolute Gasteiger partial charge is 0.224 e. The summed E-state index contributed by atoms with van der Waals surface area (Å²) in [5.74, 6) is 0.0275. The molecule has 1 amide bonds. The van der Waals surface area contributed by atoms with Crippen molar-refractivity contribution in [1.82, 2.24) is 5.32 Å². The maximum atomic E-state index is 11.4. The summed E-state index contributed by atoms with van der Waals surface area (Å²) < 4.78 is 0. The zero-order valence-electron chi connectivity index (χ0n) is 8.75. The van der Waals surface area contributed by atoms with Gasteiger partial charge in [0.2, 0.25) is 5.91 Å². The Balaban J connectivity index is 2.29. The van der Waals surface area contributed by atoms with Gasteiger partial charge in [-0.25, -0.2) is 0 Å². The van der Waals surface area contributed by atoms with Gasteiger partial charge in [-0.3, -0.25) is 4.79 Å². The summed E-state index contributed by atoms with van der Waals surface area (Å²) in [4.78, 5) is 11.4. The van der Waals surface area contributed by atoms with Crippen molar-refractivity contribution in [2.75, 3.05) is 6.61 Å². The Morgan fingerprint density at radius 1 is 1.64 bits per heavy atom. The first-order valence-corrected chi connectivity index (χ1v) is 5.30. The number of hydrogen-bond donors (Lipinski definition) is 2. The Hall–Kier alpha value is -0.830. The van der Waals surface area contributed by atoms with E-state index in [1.54, 1.807) is 6.92 Å². The molecule has 0 saturated carbocycles. The summed E-state index contributed by atoms with van der Waals surface area (Å²) in [5, 5.41) is 11.5. The summed E-state index contributed by atoms with van der Waals surface area (Å²) in [6, 6.07) is -0.133. The molecule has 1 atom stereocenters. The zero-order chi connectivity index (χ0) is 10.4. The lowest BCUT2D eigenvalue weighted by molar-refractivity contribution is -0.121. The number of carbonyl (C=O) groups is 1. The summed E-state index contributed by atoms with van der Waals surface area (Å²) in [5.41, 5.74) is 1.25. The Kier molecular flexibility index (Phi) is 4.66. The molecule has 1 aliphatic carbocycles. The van der Waals surface area contributed by atoms with Gasteiger partial charge in [0.15, 0.2) is 0 Å². The zero-order valence-corrected chi connectivity index (χ0v) is 8.75. The summed E-state index contributed by atoms with van der Waals surface area (Å²) in [6.07, 6.45) is 7.29. The Morgan fingerprint density at radius 2 is 2.43 bits per heavy atom. The van der Waals surface area contributed by atoms with E-state index in [4.69, 9.17) is 5.11 Å². The van der Waals surface area contributed by atoms with Crippen LogP contribution in [0.1, 0.15) is 39.0 Å². The number of carbonyl (C=O) groups excluding carboxylic acids is 1. The van der Waals surface area contributed by atoms with Crippen LogP contribution < -0.4 is 5.32 Å². The van der Waals surface area contributed by atoms with Gasteiger partial charge in [-0.1, -0.05) is 11.6 Å². The van der Waals surface area contributed by atoms with Crippen LogP contribution in [0.25, 0.3) is 0 Å². The van der Waals surface area contributed by atoms with Gasteiger partial charge in [-0.05, 0) is 32.6 Å². The first-order valence-electron chi connectivity index (χ1n) is 5.30. The molecule has 3 heteroatoms. The maximum absolute atomic E-state index is 11.4. The standard InChI is InChI=1S/C11H19NO2/c1-9(8-13)12-11(14)7-10-5-3-2-4-6-10/h5,9,13H,2-4,6-8H2,1H3,(H,12,14). The van der Waals surface area contributed by atoms with Gasteiger partial charge in [0.1, 0.15) is 0 Å². The second kappa shape index (κ2) is 5.81. The third-order valence-corrected chi connectivity index (χ3v) is 2.45. The maximum Gasteiger partial charge on any atom is 0.224 e. The number of rotatable bonds is 4. The van der Waals surface area contributed by atoms with E-state index in [0.717, 1.165) is 12.8 Å². The monoisotopic (exact) mass is 197 g/mol. The van der Waals surface area contributed by atoms with Gasteiger partial charge in [0.25, 0.3) is 0 Å². The molecule has 1 aliphatic rings. The second-order valence-electron chi connectivity index (χ2n) is 3.94. The largest absolute Gasteiger partial charge is 0.394 e. The number of hydrogen-bond acceptors (Lipinski definition) is 2. The SMILES string of the molecule is CC(CO)NC(=O)CC1=CCCCC1. The normalized spacial score (nSPS) is 18.6. The molecule has 1 rings (SSSR count). The van der Waals surface area contributed by atoms with E-state index < -0.39 is 0 Å². The van der Waals surface area contributed by atoms with Crippen molar-refractivity contribution < 1.29 is 9.90 Å². The number of allylic oxidation sites excluding steroid dienone is 1. The minimum absolute atomic E-state index is 0.00475. The number of amides is 1. The van der Waals surface area contributed by atoms with Gasteiger partial charge < -0.3 is 10.4 Å². The quantitative estimate of drug-likeness (QED) is 0.669. The van der Waals surface area contributed by atoms with Crippen molar-refractivity contribution >= 4 is 5.91 Å². The molecule has 0 spiro atoms. The summed E-state index contributed by atoms with van der Waals surface area (Å²) in [6.45, 7) is 1.80. The van der Waals surface area contributed by atoms with Crippen LogP contribution in [0, 0.1) is 0 Å². The van der Waals surface area contributed by atoms with Crippen LogP contribution in [0.15, 0.2) is 11.6 Å². The Bertz CT molecular complexity index is 223. The van der Waals surface area contributed by atoms with Gasteiger partial charge in [-0.2, -0.15) is 0 Å². The second-order valence-corrected chi connectivity index (χ2v) is 3.94. The highest BCUT2D eigenvalue weighted by molar-refractivity contribution is 5.78. The van der Waals surface area contributed by atoms with Crippen LogP contribution in [0.4, 0.5) is 0 Å². The lowest BCUT2D eigenvalue weighted by atomic mass is 9.97. The lowest BCUT2D eigenvalue weighted by Crippen LogP contribution is -2.35. The molecule has 0 aromatic carbocycles. The van der Waals surface area contributed by atoms with Crippen LogP contribution >= 0.6 is 0 Å². The molecular weight excluding hydrogens is 178 g/mol. The molecule has 0 heterocycles. The van der Waals surface area contributed by atoms with Gasteiger partial charge in [0, 0.05) is 12.5 Å². The molecule has 1 unspecified atom stereocenters. The van der Waals surface area contributed by atoms with E-state index in [2.05, 4.69) is 11.4 Å². The minimum Gasteiger partial charge on any atom is -0.394 e. The molecular formula is C11H19NO2. The molecule has 0 radical (unpaired) electrons. The lowest BCUT2D eigenvalue weighted by Gasteiger charge is -2.14. The number of aliphatic hydroxyl groups is 1. The van der Waals surface area contributed by atoms with Crippen molar-refractivity contribution in [2.24, 2.45) is 0 Å². The first-order chi connectivity index (χ1) is 6.72. The van der Waals surface area contributed by atoms with Crippen LogP contribution in [0.5, 0.6) is 0 Å². The summed E-state index contributed by atoms with van der Waals surface area (Å²) >= 11 is 0. The Labute approximate surface area is 85.2 Å². The summed E-state index contributed by atoms with van der Waals surface area (Å²) in [7, 11) is 0. The molecule has 0 aromatic rings. The molecule has 0 fully saturated rings. The van der Waals surface area contributed by atoms with Crippen molar-refractivity contribution in [3.05, 3.63) is 11.6 Å². The topological polar surface area (TPSA) is 49.3 Å². The van der Waals surface area contributed by atoms with Crippen molar-refractivity contribution in [2.45, 2.75) is 45.1 Å². The highest BCUT2D eigenvalue weighted by Gasteiger charge is 2.10. The molecule has 0 aromatic heterocycles. The molecule has 3 nitrogen and oxygen atoms in total. The van der Waals surface area contributed by atoms with Crippen LogP contribution in [-0.4, -0.2) is 23.7 Å². The van der Waals surface area contributed by atoms with Crippen LogP contribution in [0.3, 0.4) is 0 Å². The predicted octanol–water partition coefficient (Wildman–Crippen LogP) is 1.37. The number of aliphatic hydroxyl groups excluding tert-OH is 1. The minimum atomic E-state index is -0.133. The third-order valence-electron chi connectivity index (χ3n) is 2.45. The van der Waals surface area contributed by atoms with Gasteiger partial charge in [0.05, 0.1) is 6.61 Å². The average Bonchev–Trinajstić information content (AvgIpc) is 2.19.